The smallest absolute Gasteiger partial charge is 0.337 e. The van der Waals surface area contributed by atoms with Gasteiger partial charge in [0.1, 0.15) is 6.61 Å². The number of esters is 2. The molecule has 142 valence electrons. The van der Waals surface area contributed by atoms with Gasteiger partial charge in [0.15, 0.2) is 0 Å². The Morgan fingerprint density at radius 1 is 1.11 bits per heavy atom. The van der Waals surface area contributed by atoms with Gasteiger partial charge in [0.05, 0.1) is 25.1 Å². The van der Waals surface area contributed by atoms with Gasteiger partial charge in [-0.2, -0.15) is 0 Å². The molecule has 0 bridgehead atoms. The molecule has 0 saturated heterocycles. The van der Waals surface area contributed by atoms with Gasteiger partial charge in [-0.3, -0.25) is 4.79 Å². The first-order valence-corrected chi connectivity index (χ1v) is 8.41. The fourth-order valence-electron chi connectivity index (χ4n) is 2.41. The van der Waals surface area contributed by atoms with Crippen molar-refractivity contribution in [2.75, 3.05) is 7.11 Å². The lowest BCUT2D eigenvalue weighted by atomic mass is 10.0. The van der Waals surface area contributed by atoms with Crippen LogP contribution >= 0.6 is 11.6 Å². The first-order chi connectivity index (χ1) is 12.9. The average molecular weight is 391 g/mol. The highest BCUT2D eigenvalue weighted by atomic mass is 35.5. The van der Waals surface area contributed by atoms with Crippen molar-refractivity contribution < 1.29 is 23.9 Å². The van der Waals surface area contributed by atoms with Crippen molar-refractivity contribution in [1.82, 2.24) is 5.32 Å². The minimum absolute atomic E-state index is 0.0199. The van der Waals surface area contributed by atoms with Crippen molar-refractivity contribution in [3.8, 4) is 0 Å². The molecule has 27 heavy (non-hydrogen) atoms. The van der Waals surface area contributed by atoms with Gasteiger partial charge in [0, 0.05) is 5.02 Å². The van der Waals surface area contributed by atoms with Gasteiger partial charge in [0.25, 0.3) is 0 Å². The third-order valence-electron chi connectivity index (χ3n) is 3.74. The number of nitrogens with two attached hydrogens (primary N) is 1. The number of methoxy groups -OCH3 is 1. The molecule has 0 aliphatic heterocycles. The zero-order valence-corrected chi connectivity index (χ0v) is 15.4. The molecule has 2 amide bonds. The van der Waals surface area contributed by atoms with E-state index in [9.17, 15) is 14.4 Å². The molecule has 0 spiro atoms. The molecule has 0 heterocycles. The Morgan fingerprint density at radius 2 is 1.78 bits per heavy atom. The lowest BCUT2D eigenvalue weighted by Gasteiger charge is -2.18. The summed E-state index contributed by atoms with van der Waals surface area (Å²) in [7, 11) is 1.30. The maximum Gasteiger partial charge on any atom is 0.337 e. The molecule has 0 aliphatic carbocycles. The average Bonchev–Trinajstić information content (AvgIpc) is 2.65. The van der Waals surface area contributed by atoms with Crippen molar-refractivity contribution in [2.45, 2.75) is 19.1 Å². The minimum Gasteiger partial charge on any atom is -0.465 e. The van der Waals surface area contributed by atoms with E-state index in [2.05, 4.69) is 10.1 Å². The van der Waals surface area contributed by atoms with Gasteiger partial charge in [-0.1, -0.05) is 41.9 Å². The van der Waals surface area contributed by atoms with Crippen LogP contribution in [0, 0.1) is 0 Å². The van der Waals surface area contributed by atoms with Crippen molar-refractivity contribution in [3.63, 3.8) is 0 Å². The topological polar surface area (TPSA) is 108 Å². The number of urea groups is 1. The van der Waals surface area contributed by atoms with Gasteiger partial charge >= 0.3 is 18.0 Å². The van der Waals surface area contributed by atoms with Crippen molar-refractivity contribution in [1.29, 1.82) is 0 Å². The SMILES string of the molecule is COC(=O)c1ccc(COC(=O)C[C@H](NC(N)=O)c2ccccc2Cl)cc1. The lowest BCUT2D eigenvalue weighted by molar-refractivity contribution is -0.145. The summed E-state index contributed by atoms with van der Waals surface area (Å²) < 4.78 is 9.86. The van der Waals surface area contributed by atoms with Gasteiger partial charge < -0.3 is 20.5 Å². The second kappa shape index (κ2) is 9.59. The number of nitrogens with one attached hydrogen (secondary N) is 1. The molecule has 3 N–H and O–H groups in total. The minimum atomic E-state index is -0.772. The number of amides is 2. The monoisotopic (exact) mass is 390 g/mol. The first kappa shape index (κ1) is 20.3. The van der Waals surface area contributed by atoms with E-state index in [1.54, 1.807) is 48.5 Å². The predicted octanol–water partition coefficient (Wildman–Crippen LogP) is 2.97. The Bertz CT molecular complexity index is 823. The standard InChI is InChI=1S/C19H19ClN2O5/c1-26-18(24)13-8-6-12(7-9-13)11-27-17(23)10-16(22-19(21)25)14-4-2-3-5-15(14)20/h2-9,16H,10-11H2,1H3,(H3,21,22,25)/t16-/m0/s1. The summed E-state index contributed by atoms with van der Waals surface area (Å²) in [5.41, 5.74) is 6.86. The number of rotatable bonds is 7. The van der Waals surface area contributed by atoms with Crippen molar-refractivity contribution >= 4 is 29.6 Å². The maximum atomic E-state index is 12.2. The fourth-order valence-corrected chi connectivity index (χ4v) is 2.68. The molecule has 8 heteroatoms. The number of hydrogen-bond acceptors (Lipinski definition) is 5. The number of benzene rings is 2. The fraction of sp³-hybridized carbons (Fsp3) is 0.211. The third-order valence-corrected chi connectivity index (χ3v) is 4.09. The molecule has 2 aromatic carbocycles. The van der Waals surface area contributed by atoms with Crippen LogP contribution in [0.25, 0.3) is 0 Å². The Balaban J connectivity index is 1.98. The maximum absolute atomic E-state index is 12.2. The Kier molecular flexibility index (Phi) is 7.19. The summed E-state index contributed by atoms with van der Waals surface area (Å²) in [6.07, 6.45) is -0.132. The summed E-state index contributed by atoms with van der Waals surface area (Å²) >= 11 is 6.13. The van der Waals surface area contributed by atoms with Gasteiger partial charge in [-0.05, 0) is 29.3 Å². The number of carbonyl (C=O) groups is 3. The number of ether oxygens (including phenoxy) is 2. The van der Waals surface area contributed by atoms with Crippen LogP contribution in [0.2, 0.25) is 5.02 Å². The van der Waals surface area contributed by atoms with E-state index in [0.717, 1.165) is 0 Å². The highest BCUT2D eigenvalue weighted by Crippen LogP contribution is 2.25. The molecule has 2 rings (SSSR count). The van der Waals surface area contributed by atoms with Crippen LogP contribution in [-0.4, -0.2) is 25.1 Å². The van der Waals surface area contributed by atoms with Crippen LogP contribution in [0.5, 0.6) is 0 Å². The normalized spacial score (nSPS) is 11.3. The molecule has 0 radical (unpaired) electrons. The van der Waals surface area contributed by atoms with E-state index in [1.807, 2.05) is 0 Å². The van der Waals surface area contributed by atoms with Crippen LogP contribution in [0.1, 0.15) is 33.9 Å². The summed E-state index contributed by atoms with van der Waals surface area (Å²) in [6, 6.07) is 11.8. The molecule has 0 saturated carbocycles. The molecule has 0 unspecified atom stereocenters. The Labute approximate surface area is 161 Å². The zero-order chi connectivity index (χ0) is 19.8. The molecule has 7 nitrogen and oxygen atoms in total. The third kappa shape index (κ3) is 6.00. The summed E-state index contributed by atoms with van der Waals surface area (Å²) in [4.78, 5) is 34.8. The molecule has 0 fully saturated rings. The van der Waals surface area contributed by atoms with Gasteiger partial charge in [-0.25, -0.2) is 9.59 Å². The molecular weight excluding hydrogens is 372 g/mol. The second-order valence-electron chi connectivity index (χ2n) is 5.64. The number of hydrogen-bond donors (Lipinski definition) is 2. The largest absolute Gasteiger partial charge is 0.465 e. The van der Waals surface area contributed by atoms with E-state index in [1.165, 1.54) is 7.11 Å². The molecule has 0 aromatic heterocycles. The molecule has 1 atom stereocenters. The number of primary amides is 1. The van der Waals surface area contributed by atoms with Crippen LogP contribution in [-0.2, 0) is 20.9 Å². The Morgan fingerprint density at radius 3 is 2.37 bits per heavy atom. The van der Waals surface area contributed by atoms with E-state index in [4.69, 9.17) is 22.1 Å². The van der Waals surface area contributed by atoms with E-state index in [0.29, 0.717) is 21.7 Å². The van der Waals surface area contributed by atoms with E-state index >= 15 is 0 Å². The van der Waals surface area contributed by atoms with Crippen LogP contribution in [0.4, 0.5) is 4.79 Å². The second-order valence-corrected chi connectivity index (χ2v) is 6.04. The van der Waals surface area contributed by atoms with Crippen LogP contribution in [0.15, 0.2) is 48.5 Å². The molecule has 2 aromatic rings. The van der Waals surface area contributed by atoms with Crippen molar-refractivity contribution in [3.05, 3.63) is 70.2 Å². The molecular formula is C19H19ClN2O5. The summed E-state index contributed by atoms with van der Waals surface area (Å²) in [5, 5.41) is 2.90. The Hall–Kier alpha value is -3.06. The van der Waals surface area contributed by atoms with Crippen LogP contribution < -0.4 is 11.1 Å². The highest BCUT2D eigenvalue weighted by molar-refractivity contribution is 6.31. The number of halogens is 1. The molecule has 0 aliphatic rings. The van der Waals surface area contributed by atoms with Crippen molar-refractivity contribution in [2.24, 2.45) is 5.73 Å². The quantitative estimate of drug-likeness (QED) is 0.706. The predicted molar refractivity (Wildman–Crippen MR) is 99.1 cm³/mol. The number of carbonyl (C=O) groups excluding carboxylic acids is 3. The lowest BCUT2D eigenvalue weighted by Crippen LogP contribution is -2.34. The summed E-state index contributed by atoms with van der Waals surface area (Å²) in [5.74, 6) is -0.982. The van der Waals surface area contributed by atoms with E-state index < -0.39 is 24.0 Å². The van der Waals surface area contributed by atoms with E-state index in [-0.39, 0.29) is 13.0 Å². The summed E-state index contributed by atoms with van der Waals surface area (Å²) in [6.45, 7) is 0.0199. The van der Waals surface area contributed by atoms with Crippen LogP contribution in [0.3, 0.4) is 0 Å². The van der Waals surface area contributed by atoms with Gasteiger partial charge in [0.2, 0.25) is 0 Å². The first-order valence-electron chi connectivity index (χ1n) is 8.04. The van der Waals surface area contributed by atoms with Gasteiger partial charge in [-0.15, -0.1) is 0 Å². The zero-order valence-electron chi connectivity index (χ0n) is 14.6. The highest BCUT2D eigenvalue weighted by Gasteiger charge is 2.20.